The van der Waals surface area contributed by atoms with Crippen LogP contribution in [0.4, 0.5) is 0 Å². The number of nitrogens with zero attached hydrogens (tertiary/aromatic N) is 1. The third-order valence-corrected chi connectivity index (χ3v) is 8.30. The molecule has 4 aliphatic rings. The molecule has 0 aromatic heterocycles. The van der Waals surface area contributed by atoms with Gasteiger partial charge in [-0.25, -0.2) is 0 Å². The average Bonchev–Trinajstić information content (AvgIpc) is 2.96. The van der Waals surface area contributed by atoms with Crippen molar-refractivity contribution in [3.05, 3.63) is 28.4 Å². The van der Waals surface area contributed by atoms with Crippen LogP contribution in [-0.4, -0.2) is 25.2 Å². The molecule has 4 unspecified atom stereocenters. The second-order valence-corrected chi connectivity index (χ2v) is 9.48. The van der Waals surface area contributed by atoms with E-state index in [1.165, 1.54) is 12.5 Å². The van der Waals surface area contributed by atoms with Crippen LogP contribution in [0.25, 0.3) is 0 Å². The summed E-state index contributed by atoms with van der Waals surface area (Å²) in [6, 6.07) is -0.161. The third-order valence-electron chi connectivity index (χ3n) is 8.30. The van der Waals surface area contributed by atoms with E-state index in [1.807, 2.05) is 0 Å². The van der Waals surface area contributed by atoms with Gasteiger partial charge in [-0.3, -0.25) is 4.79 Å². The van der Waals surface area contributed by atoms with Crippen molar-refractivity contribution in [2.45, 2.75) is 71.4 Å². The van der Waals surface area contributed by atoms with E-state index in [2.05, 4.69) is 31.2 Å². The van der Waals surface area contributed by atoms with Crippen LogP contribution in [0.15, 0.2) is 28.7 Å². The first-order valence-electron chi connectivity index (χ1n) is 10.3. The fraction of sp³-hybridized carbons (Fsp3) is 0.773. The predicted molar refractivity (Wildman–Crippen MR) is 103 cm³/mol. The number of carbonyl (C=O) groups excluding carboxylic acids is 1. The molecular weight excluding hydrogens is 342 g/mol. The smallest absolute Gasteiger partial charge is 0.302 e. The van der Waals surface area contributed by atoms with Gasteiger partial charge in [0.2, 0.25) is 0 Å². The van der Waals surface area contributed by atoms with Gasteiger partial charge in [0.1, 0.15) is 6.10 Å². The quantitative estimate of drug-likeness (QED) is 0.528. The van der Waals surface area contributed by atoms with Gasteiger partial charge in [-0.05, 0) is 66.4 Å². The first-order chi connectivity index (χ1) is 12.8. The highest BCUT2D eigenvalue weighted by molar-refractivity contribution is 5.66. The van der Waals surface area contributed by atoms with E-state index in [0.717, 1.165) is 44.3 Å². The Kier molecular flexibility index (Phi) is 4.47. The lowest BCUT2D eigenvalue weighted by atomic mass is 9.47. The van der Waals surface area contributed by atoms with E-state index < -0.39 is 0 Å². The zero-order chi connectivity index (χ0) is 19.4. The van der Waals surface area contributed by atoms with Crippen LogP contribution < -0.4 is 0 Å². The maximum absolute atomic E-state index is 11.9. The molecule has 0 spiro atoms. The summed E-state index contributed by atoms with van der Waals surface area (Å²) in [6.07, 6.45) is 9.99. The number of methoxy groups -OCH3 is 1. The molecule has 2 saturated carbocycles. The van der Waals surface area contributed by atoms with Gasteiger partial charge in [-0.15, -0.1) is 0 Å². The Labute approximate surface area is 161 Å². The van der Waals surface area contributed by atoms with Crippen LogP contribution in [0.5, 0.6) is 0 Å². The van der Waals surface area contributed by atoms with Crippen LogP contribution in [0, 0.1) is 33.5 Å². The maximum Gasteiger partial charge on any atom is 0.302 e. The lowest BCUT2D eigenvalue weighted by molar-refractivity contribution is -0.170. The summed E-state index contributed by atoms with van der Waals surface area (Å²) in [5, 5.41) is 3.48. The monoisotopic (exact) mass is 373 g/mol. The second-order valence-electron chi connectivity index (χ2n) is 9.48. The van der Waals surface area contributed by atoms with Gasteiger partial charge < -0.3 is 9.47 Å². The highest BCUT2D eigenvalue weighted by Gasteiger charge is 2.63. The summed E-state index contributed by atoms with van der Waals surface area (Å²) < 4.78 is 11.4. The molecule has 5 nitrogen and oxygen atoms in total. The normalized spacial score (nSPS) is 45.6. The molecule has 148 valence electrons. The van der Waals surface area contributed by atoms with Crippen LogP contribution in [0.2, 0.25) is 0 Å². The van der Waals surface area contributed by atoms with Crippen molar-refractivity contribution in [3.8, 4) is 0 Å². The van der Waals surface area contributed by atoms with E-state index in [0.29, 0.717) is 17.8 Å². The van der Waals surface area contributed by atoms with Gasteiger partial charge >= 0.3 is 5.97 Å². The molecule has 0 aliphatic heterocycles. The highest BCUT2D eigenvalue weighted by Crippen LogP contribution is 2.65. The minimum Gasteiger partial charge on any atom is -0.501 e. The maximum atomic E-state index is 11.9. The number of allylic oxidation sites excluding steroid dienone is 4. The third kappa shape index (κ3) is 2.68. The van der Waals surface area contributed by atoms with Gasteiger partial charge in [0.15, 0.2) is 0 Å². The molecule has 0 aromatic rings. The predicted octanol–water partition coefficient (Wildman–Crippen LogP) is 4.77. The molecule has 0 amide bonds. The molecule has 2 fully saturated rings. The Balaban J connectivity index is 1.77. The van der Waals surface area contributed by atoms with Crippen molar-refractivity contribution in [3.63, 3.8) is 0 Å². The van der Waals surface area contributed by atoms with E-state index >= 15 is 0 Å². The number of esters is 1. The molecule has 0 N–H and O–H groups in total. The van der Waals surface area contributed by atoms with Gasteiger partial charge in [0.05, 0.1) is 18.9 Å². The van der Waals surface area contributed by atoms with Gasteiger partial charge in [-0.2, -0.15) is 4.91 Å². The molecule has 0 saturated heterocycles. The number of hydrogen-bond donors (Lipinski definition) is 0. The fourth-order valence-corrected chi connectivity index (χ4v) is 7.03. The Morgan fingerprint density at radius 1 is 1.30 bits per heavy atom. The summed E-state index contributed by atoms with van der Waals surface area (Å²) >= 11 is 0. The molecule has 0 radical (unpaired) electrons. The Bertz CT molecular complexity index is 713. The van der Waals surface area contributed by atoms with Crippen molar-refractivity contribution in [2.75, 3.05) is 7.11 Å². The van der Waals surface area contributed by atoms with Crippen molar-refractivity contribution in [1.29, 1.82) is 0 Å². The van der Waals surface area contributed by atoms with E-state index in [4.69, 9.17) is 9.47 Å². The summed E-state index contributed by atoms with van der Waals surface area (Å²) in [5.41, 5.74) is 1.15. The molecule has 0 aromatic carbocycles. The lowest BCUT2D eigenvalue weighted by Gasteiger charge is -2.58. The first kappa shape index (κ1) is 18.7. The molecule has 27 heavy (non-hydrogen) atoms. The van der Waals surface area contributed by atoms with Crippen molar-refractivity contribution in [1.82, 2.24) is 0 Å². The number of carbonyl (C=O) groups is 1. The summed E-state index contributed by atoms with van der Waals surface area (Å²) in [5.74, 6) is 2.01. The first-order valence-corrected chi connectivity index (χ1v) is 10.3. The Morgan fingerprint density at radius 2 is 2.07 bits per heavy atom. The van der Waals surface area contributed by atoms with Gasteiger partial charge in [0, 0.05) is 19.3 Å². The standard InChI is InChI=1S/C22H31NO4/c1-13(24)27-18-12-22(3)17(7-8-19(22)23-25)16-6-5-14-11-15(26-4)9-10-21(14,2)20(16)18/h5,11,16-20H,6-10,12H2,1-4H3/t16?,17?,18-,19?,20?,21-,22-/m0/s1. The molecule has 0 heterocycles. The van der Waals surface area contributed by atoms with Crippen LogP contribution >= 0.6 is 0 Å². The van der Waals surface area contributed by atoms with Gasteiger partial charge in [-0.1, -0.05) is 25.1 Å². The molecule has 4 rings (SSSR count). The number of ether oxygens (including phenoxy) is 2. The SMILES string of the molecule is COC1=CC2=CCC3C4CCC(N=O)[C@@]4(C)C[C@H](OC(C)=O)C3[C@@]2(C)CC1. The molecular formula is C22H31NO4. The van der Waals surface area contributed by atoms with Crippen LogP contribution in [0.3, 0.4) is 0 Å². The van der Waals surface area contributed by atoms with Gasteiger partial charge in [0.25, 0.3) is 0 Å². The zero-order valence-corrected chi connectivity index (χ0v) is 16.9. The summed E-state index contributed by atoms with van der Waals surface area (Å²) in [6.45, 7) is 6.04. The Morgan fingerprint density at radius 3 is 2.74 bits per heavy atom. The van der Waals surface area contributed by atoms with E-state index in [-0.39, 0.29) is 28.9 Å². The molecule has 4 aliphatic carbocycles. The fourth-order valence-electron chi connectivity index (χ4n) is 7.03. The van der Waals surface area contributed by atoms with Crippen molar-refractivity contribution in [2.24, 2.45) is 33.8 Å². The highest BCUT2D eigenvalue weighted by atomic mass is 16.5. The molecule has 5 heteroatoms. The minimum atomic E-state index is -0.224. The second kappa shape index (κ2) is 6.46. The van der Waals surface area contributed by atoms with Crippen molar-refractivity contribution >= 4 is 5.97 Å². The number of nitroso groups, excluding NO2 is 1. The van der Waals surface area contributed by atoms with Crippen molar-refractivity contribution < 1.29 is 14.3 Å². The van der Waals surface area contributed by atoms with E-state index in [9.17, 15) is 9.70 Å². The summed E-state index contributed by atoms with van der Waals surface area (Å²) in [4.78, 5) is 23.5. The average molecular weight is 373 g/mol. The molecule has 0 bridgehead atoms. The lowest BCUT2D eigenvalue weighted by Crippen LogP contribution is -2.57. The number of hydrogen-bond acceptors (Lipinski definition) is 5. The van der Waals surface area contributed by atoms with E-state index in [1.54, 1.807) is 7.11 Å². The topological polar surface area (TPSA) is 65.0 Å². The minimum absolute atomic E-state index is 0.0148. The Hall–Kier alpha value is -1.65. The molecule has 7 atom stereocenters. The number of fused-ring (bicyclic) bond motifs is 5. The zero-order valence-electron chi connectivity index (χ0n) is 16.9. The summed E-state index contributed by atoms with van der Waals surface area (Å²) in [7, 11) is 1.74. The number of rotatable bonds is 3. The largest absolute Gasteiger partial charge is 0.501 e. The van der Waals surface area contributed by atoms with Crippen LogP contribution in [0.1, 0.15) is 59.3 Å². The van der Waals surface area contributed by atoms with Crippen LogP contribution in [-0.2, 0) is 14.3 Å².